The van der Waals surface area contributed by atoms with Gasteiger partial charge >= 0.3 is 0 Å². The van der Waals surface area contributed by atoms with E-state index in [1.165, 1.54) is 21.7 Å². The van der Waals surface area contributed by atoms with Gasteiger partial charge in [-0.2, -0.15) is 0 Å². The zero-order valence-electron chi connectivity index (χ0n) is 13.7. The van der Waals surface area contributed by atoms with Gasteiger partial charge in [0.2, 0.25) is 0 Å². The molecule has 3 aromatic carbocycles. The first kappa shape index (κ1) is 13.4. The van der Waals surface area contributed by atoms with Crippen LogP contribution in [0.4, 0.5) is 0 Å². The van der Waals surface area contributed by atoms with Gasteiger partial charge in [-0.1, -0.05) is 36.4 Å². The van der Waals surface area contributed by atoms with Gasteiger partial charge < -0.3 is 4.42 Å². The van der Waals surface area contributed by atoms with E-state index >= 15 is 0 Å². The summed E-state index contributed by atoms with van der Waals surface area (Å²) in [6.07, 6.45) is 4.10. The van der Waals surface area contributed by atoms with Crippen LogP contribution in [-0.4, -0.2) is 4.68 Å². The molecule has 0 aliphatic rings. The van der Waals surface area contributed by atoms with Crippen molar-refractivity contribution >= 4 is 32.7 Å². The Kier molecular flexibility index (Phi) is 2.63. The number of aryl methyl sites for hydroxylation is 2. The largest absolute Gasteiger partial charge is 0.454 e. The van der Waals surface area contributed by atoms with Crippen molar-refractivity contribution in [2.24, 2.45) is 7.05 Å². The number of rotatable bonds is 1. The number of hydrogen-bond donors (Lipinski definition) is 0. The summed E-state index contributed by atoms with van der Waals surface area (Å²) in [4.78, 5) is 0. The molecule has 0 radical (unpaired) electrons. The van der Waals surface area contributed by atoms with Crippen molar-refractivity contribution in [3.63, 3.8) is 0 Å². The fraction of sp³-hybridized carbons (Fsp3) is 0.0952. The van der Waals surface area contributed by atoms with E-state index < -0.39 is 0 Å². The Hall–Kier alpha value is -3.07. The third-order valence-corrected chi connectivity index (χ3v) is 4.78. The van der Waals surface area contributed by atoms with Gasteiger partial charge in [-0.05, 0) is 35.4 Å². The van der Waals surface area contributed by atoms with Crippen molar-refractivity contribution in [3.8, 4) is 5.69 Å². The van der Waals surface area contributed by atoms with E-state index in [0.717, 1.165) is 22.2 Å². The summed E-state index contributed by atoms with van der Waals surface area (Å²) in [5.74, 6) is 0. The number of nitrogens with zero attached hydrogens (tertiary/aromatic N) is 2. The van der Waals surface area contributed by atoms with E-state index in [1.54, 1.807) is 0 Å². The Bertz CT molecular complexity index is 1230. The van der Waals surface area contributed by atoms with Crippen molar-refractivity contribution in [2.45, 2.75) is 6.92 Å². The molecular formula is C21H17N2O+. The van der Waals surface area contributed by atoms with Gasteiger partial charge in [0.05, 0.1) is 6.20 Å². The Morgan fingerprint density at radius 1 is 0.917 bits per heavy atom. The van der Waals surface area contributed by atoms with Crippen molar-refractivity contribution in [3.05, 3.63) is 72.6 Å². The van der Waals surface area contributed by atoms with Crippen LogP contribution in [0, 0.1) is 6.92 Å². The molecule has 24 heavy (non-hydrogen) atoms. The van der Waals surface area contributed by atoms with Gasteiger partial charge in [0.1, 0.15) is 5.58 Å². The van der Waals surface area contributed by atoms with Gasteiger partial charge in [0, 0.05) is 16.8 Å². The molecule has 0 saturated heterocycles. The van der Waals surface area contributed by atoms with E-state index in [9.17, 15) is 0 Å². The molecule has 0 amide bonds. The van der Waals surface area contributed by atoms with Crippen LogP contribution < -0.4 is 4.68 Å². The Morgan fingerprint density at radius 2 is 1.71 bits per heavy atom. The highest BCUT2D eigenvalue weighted by atomic mass is 16.3. The van der Waals surface area contributed by atoms with Crippen LogP contribution in [-0.2, 0) is 7.05 Å². The van der Waals surface area contributed by atoms with Crippen LogP contribution in [0.25, 0.3) is 38.4 Å². The minimum absolute atomic E-state index is 0.936. The molecule has 0 aliphatic heterocycles. The minimum Gasteiger partial charge on any atom is -0.454 e. The predicted molar refractivity (Wildman–Crippen MR) is 96.5 cm³/mol. The maximum absolute atomic E-state index is 6.32. The van der Waals surface area contributed by atoms with Gasteiger partial charge in [-0.3, -0.25) is 0 Å². The molecule has 3 nitrogen and oxygen atoms in total. The molecule has 0 fully saturated rings. The monoisotopic (exact) mass is 313 g/mol. The summed E-state index contributed by atoms with van der Waals surface area (Å²) in [7, 11) is 2.04. The summed E-state index contributed by atoms with van der Waals surface area (Å²) in [5.41, 5.74) is 4.16. The normalized spacial score (nSPS) is 11.8. The first-order valence-electron chi connectivity index (χ1n) is 8.10. The Labute approximate surface area is 139 Å². The van der Waals surface area contributed by atoms with Gasteiger partial charge in [0.15, 0.2) is 24.5 Å². The van der Waals surface area contributed by atoms with E-state index in [0.29, 0.717) is 0 Å². The SMILES string of the molecule is Cc1ccc2c(oc3cc4ccccc4cc32)c1-n1ccc[n+]1C. The van der Waals surface area contributed by atoms with E-state index in [2.05, 4.69) is 71.0 Å². The van der Waals surface area contributed by atoms with Gasteiger partial charge in [-0.15, -0.1) is 9.36 Å². The molecule has 2 aromatic heterocycles. The van der Waals surface area contributed by atoms with Crippen LogP contribution in [0.1, 0.15) is 5.56 Å². The van der Waals surface area contributed by atoms with Crippen LogP contribution in [0.5, 0.6) is 0 Å². The highest BCUT2D eigenvalue weighted by molar-refractivity contribution is 6.12. The fourth-order valence-electron chi connectivity index (χ4n) is 3.55. The van der Waals surface area contributed by atoms with Gasteiger partial charge in [0.25, 0.3) is 0 Å². The summed E-state index contributed by atoms with van der Waals surface area (Å²) in [6, 6.07) is 19.1. The Morgan fingerprint density at radius 3 is 2.46 bits per heavy atom. The third kappa shape index (κ3) is 1.75. The first-order chi connectivity index (χ1) is 11.7. The number of hydrogen-bond acceptors (Lipinski definition) is 1. The summed E-state index contributed by atoms with van der Waals surface area (Å²) >= 11 is 0. The fourth-order valence-corrected chi connectivity index (χ4v) is 3.55. The molecule has 0 N–H and O–H groups in total. The van der Waals surface area contributed by atoms with Crippen LogP contribution in [0.2, 0.25) is 0 Å². The third-order valence-electron chi connectivity index (χ3n) is 4.78. The van der Waals surface area contributed by atoms with Crippen LogP contribution >= 0.6 is 0 Å². The molecule has 5 rings (SSSR count). The second kappa shape index (κ2) is 4.71. The zero-order valence-corrected chi connectivity index (χ0v) is 13.7. The lowest BCUT2D eigenvalue weighted by atomic mass is 10.0. The van der Waals surface area contributed by atoms with Crippen molar-refractivity contribution in [2.75, 3.05) is 0 Å². The van der Waals surface area contributed by atoms with Crippen LogP contribution in [0.15, 0.2) is 71.4 Å². The molecule has 5 aromatic rings. The molecule has 2 heterocycles. The van der Waals surface area contributed by atoms with E-state index in [-0.39, 0.29) is 0 Å². The lowest BCUT2D eigenvalue weighted by Gasteiger charge is -2.05. The molecular weight excluding hydrogens is 296 g/mol. The Balaban J connectivity index is 1.95. The number of fused-ring (bicyclic) bond motifs is 4. The second-order valence-electron chi connectivity index (χ2n) is 6.31. The van der Waals surface area contributed by atoms with Gasteiger partial charge in [-0.25, -0.2) is 0 Å². The maximum atomic E-state index is 6.32. The van der Waals surface area contributed by atoms with E-state index in [1.807, 2.05) is 19.3 Å². The van der Waals surface area contributed by atoms with Crippen molar-refractivity contribution in [1.29, 1.82) is 0 Å². The maximum Gasteiger partial charge on any atom is 0.195 e. The van der Waals surface area contributed by atoms with Crippen LogP contribution in [0.3, 0.4) is 0 Å². The number of aromatic nitrogens is 2. The molecule has 0 atom stereocenters. The first-order valence-corrected chi connectivity index (χ1v) is 8.10. The second-order valence-corrected chi connectivity index (χ2v) is 6.31. The van der Waals surface area contributed by atoms with E-state index in [4.69, 9.17) is 4.42 Å². The standard InChI is InChI=1S/C21H17N2O/c1-14-8-9-17-18-12-15-6-3-4-7-16(15)13-19(18)24-21(17)20(14)23-11-5-10-22(23)2/h3-13H,1-2H3/q+1. The minimum atomic E-state index is 0.936. The molecule has 0 bridgehead atoms. The molecule has 0 unspecified atom stereocenters. The summed E-state index contributed by atoms with van der Waals surface area (Å²) in [5, 5.41) is 4.76. The van der Waals surface area contributed by atoms with Crippen molar-refractivity contribution in [1.82, 2.24) is 4.68 Å². The molecule has 0 spiro atoms. The summed E-state index contributed by atoms with van der Waals surface area (Å²) < 4.78 is 10.5. The highest BCUT2D eigenvalue weighted by Crippen LogP contribution is 2.36. The smallest absolute Gasteiger partial charge is 0.195 e. The summed E-state index contributed by atoms with van der Waals surface area (Å²) in [6.45, 7) is 2.12. The molecule has 3 heteroatoms. The molecule has 116 valence electrons. The average molecular weight is 313 g/mol. The topological polar surface area (TPSA) is 21.9 Å². The lowest BCUT2D eigenvalue weighted by Crippen LogP contribution is -2.37. The predicted octanol–water partition coefficient (Wildman–Crippen LogP) is 4.66. The van der Waals surface area contributed by atoms with Crippen molar-refractivity contribution < 1.29 is 9.10 Å². The highest BCUT2D eigenvalue weighted by Gasteiger charge is 2.18. The molecule has 0 saturated carbocycles. The zero-order chi connectivity index (χ0) is 16.3. The number of benzene rings is 3. The average Bonchev–Trinajstić information content (AvgIpc) is 3.16. The quantitative estimate of drug-likeness (QED) is 0.412. The lowest BCUT2D eigenvalue weighted by molar-refractivity contribution is -0.744. The number of furan rings is 1. The molecule has 0 aliphatic carbocycles.